The first-order valence-corrected chi connectivity index (χ1v) is 24.6. The number of pyridine rings is 1. The zero-order valence-electron chi connectivity index (χ0n) is 38.9. The van der Waals surface area contributed by atoms with Gasteiger partial charge in [0.1, 0.15) is 5.52 Å². The van der Waals surface area contributed by atoms with Gasteiger partial charge in [0.25, 0.3) is 0 Å². The average Bonchev–Trinajstić information content (AvgIpc) is 3.63. The molecule has 0 bridgehead atoms. The molecule has 3 unspecified atom stereocenters. The summed E-state index contributed by atoms with van der Waals surface area (Å²) in [5.41, 5.74) is 2.59. The standard InChI is InChI=1S/C50H88N6O4/c1-6-8-10-12-14-16-18-21-28-43(58)38-54(34-27-35-55(37-42(5)57)39-44(59)29-22-19-17-15-13-11-9-7-2)33-26-20-23-32-47(60)53-50-48-49(56(40-51-48)36-41(3)4)45-30-24-25-31-46(45)52-50/h24-25,30-31,40-44,57-59H,6-23,26-29,32-39H2,1-5H3,(H,52,53,60). The smallest absolute Gasteiger partial charge is 0.225 e. The van der Waals surface area contributed by atoms with E-state index in [0.717, 1.165) is 99.5 Å². The van der Waals surface area contributed by atoms with Crippen LogP contribution >= 0.6 is 0 Å². The van der Waals surface area contributed by atoms with Crippen molar-refractivity contribution in [2.75, 3.05) is 44.6 Å². The summed E-state index contributed by atoms with van der Waals surface area (Å²) in [6, 6.07) is 8.06. The first-order valence-electron chi connectivity index (χ1n) is 24.6. The van der Waals surface area contributed by atoms with Crippen molar-refractivity contribution in [3.8, 4) is 0 Å². The molecule has 0 saturated carbocycles. The Morgan fingerprint density at radius 1 is 0.667 bits per heavy atom. The number of amides is 1. The highest BCUT2D eigenvalue weighted by atomic mass is 16.3. The summed E-state index contributed by atoms with van der Waals surface area (Å²) in [5.74, 6) is 0.940. The minimum absolute atomic E-state index is 0.0436. The predicted molar refractivity (Wildman–Crippen MR) is 253 cm³/mol. The van der Waals surface area contributed by atoms with E-state index in [2.05, 4.69) is 53.4 Å². The van der Waals surface area contributed by atoms with Crippen LogP contribution in [0.1, 0.15) is 182 Å². The molecule has 0 saturated heterocycles. The van der Waals surface area contributed by atoms with Gasteiger partial charge < -0.3 is 30.1 Å². The van der Waals surface area contributed by atoms with Crippen LogP contribution in [-0.4, -0.2) is 103 Å². The van der Waals surface area contributed by atoms with Crippen LogP contribution in [0, 0.1) is 5.92 Å². The first kappa shape index (κ1) is 51.7. The Bertz CT molecular complexity index is 1550. The van der Waals surface area contributed by atoms with E-state index in [1.54, 1.807) is 0 Å². The maximum atomic E-state index is 13.3. The topological polar surface area (TPSA) is 127 Å². The van der Waals surface area contributed by atoms with Crippen LogP contribution in [0.15, 0.2) is 30.6 Å². The average molecular weight is 837 g/mol. The molecular formula is C50H88N6O4. The van der Waals surface area contributed by atoms with E-state index in [-0.39, 0.29) is 18.1 Å². The van der Waals surface area contributed by atoms with Crippen LogP contribution in [0.4, 0.5) is 5.82 Å². The molecule has 0 spiro atoms. The number of hydrogen-bond acceptors (Lipinski definition) is 8. The lowest BCUT2D eigenvalue weighted by molar-refractivity contribution is -0.116. The zero-order chi connectivity index (χ0) is 43.4. The van der Waals surface area contributed by atoms with Crippen LogP contribution in [0.3, 0.4) is 0 Å². The maximum absolute atomic E-state index is 13.3. The number of anilines is 1. The van der Waals surface area contributed by atoms with Crippen molar-refractivity contribution in [2.45, 2.75) is 207 Å². The molecule has 0 aliphatic rings. The lowest BCUT2D eigenvalue weighted by Gasteiger charge is -2.29. The van der Waals surface area contributed by atoms with Gasteiger partial charge in [0, 0.05) is 38.0 Å². The molecule has 3 aromatic rings. The van der Waals surface area contributed by atoms with Crippen molar-refractivity contribution in [1.82, 2.24) is 24.3 Å². The third kappa shape index (κ3) is 21.4. The Morgan fingerprint density at radius 3 is 1.80 bits per heavy atom. The summed E-state index contributed by atoms with van der Waals surface area (Å²) in [4.78, 5) is 27.4. The summed E-state index contributed by atoms with van der Waals surface area (Å²) in [6.45, 7) is 15.9. The number of imidazole rings is 1. The minimum Gasteiger partial charge on any atom is -0.392 e. The molecule has 0 fully saturated rings. The van der Waals surface area contributed by atoms with E-state index >= 15 is 0 Å². The Balaban J connectivity index is 1.49. The molecule has 4 N–H and O–H groups in total. The van der Waals surface area contributed by atoms with Crippen LogP contribution < -0.4 is 5.32 Å². The quantitative estimate of drug-likeness (QED) is 0.0423. The van der Waals surface area contributed by atoms with Gasteiger partial charge in [0.05, 0.1) is 35.7 Å². The van der Waals surface area contributed by atoms with Gasteiger partial charge >= 0.3 is 0 Å². The van der Waals surface area contributed by atoms with Crippen molar-refractivity contribution in [3.05, 3.63) is 30.6 Å². The SMILES string of the molecule is CCCCCCCCCCC(O)CN(CCCCCC(=O)Nc1nc2ccccc2c2c1ncn2CC(C)C)CCCN(CC(C)O)CC(O)CCCCCCCCCC. The fraction of sp³-hybridized carbons (Fsp3) is 0.780. The molecule has 3 rings (SSSR count). The number of fused-ring (bicyclic) bond motifs is 3. The summed E-state index contributed by atoms with van der Waals surface area (Å²) in [7, 11) is 0. The highest BCUT2D eigenvalue weighted by Crippen LogP contribution is 2.29. The molecule has 3 atom stereocenters. The van der Waals surface area contributed by atoms with Crippen LogP contribution in [-0.2, 0) is 11.3 Å². The Labute approximate surface area is 365 Å². The summed E-state index contributed by atoms with van der Waals surface area (Å²) in [5, 5.41) is 36.4. The minimum atomic E-state index is -0.452. The Kier molecular flexibility index (Phi) is 26.9. The second-order valence-corrected chi connectivity index (χ2v) is 18.4. The van der Waals surface area contributed by atoms with E-state index < -0.39 is 6.10 Å². The van der Waals surface area contributed by atoms with Crippen molar-refractivity contribution >= 4 is 33.7 Å². The molecule has 60 heavy (non-hydrogen) atoms. The lowest BCUT2D eigenvalue weighted by atomic mass is 10.1. The van der Waals surface area contributed by atoms with E-state index in [4.69, 9.17) is 9.97 Å². The molecule has 10 nitrogen and oxygen atoms in total. The number of nitrogens with zero attached hydrogens (tertiary/aromatic N) is 5. The second-order valence-electron chi connectivity index (χ2n) is 18.4. The molecule has 0 aliphatic carbocycles. The highest BCUT2D eigenvalue weighted by Gasteiger charge is 2.18. The lowest BCUT2D eigenvalue weighted by Crippen LogP contribution is -2.40. The fourth-order valence-electron chi connectivity index (χ4n) is 8.64. The van der Waals surface area contributed by atoms with Gasteiger partial charge in [-0.1, -0.05) is 155 Å². The molecule has 1 aromatic carbocycles. The van der Waals surface area contributed by atoms with Gasteiger partial charge in [-0.2, -0.15) is 0 Å². The Morgan fingerprint density at radius 2 is 1.20 bits per heavy atom. The van der Waals surface area contributed by atoms with Gasteiger partial charge in [-0.25, -0.2) is 9.97 Å². The number of rotatable bonds is 37. The summed E-state index contributed by atoms with van der Waals surface area (Å²) < 4.78 is 2.17. The van der Waals surface area contributed by atoms with Gasteiger partial charge in [-0.3, -0.25) is 9.69 Å². The van der Waals surface area contributed by atoms with Gasteiger partial charge in [0.2, 0.25) is 5.91 Å². The number of aliphatic hydroxyl groups is 3. The fourth-order valence-corrected chi connectivity index (χ4v) is 8.64. The van der Waals surface area contributed by atoms with Crippen LogP contribution in [0.2, 0.25) is 0 Å². The molecule has 2 aromatic heterocycles. The number of carbonyl (C=O) groups is 1. The van der Waals surface area contributed by atoms with E-state index in [9.17, 15) is 20.1 Å². The molecule has 342 valence electrons. The van der Waals surface area contributed by atoms with Crippen LogP contribution in [0.5, 0.6) is 0 Å². The maximum Gasteiger partial charge on any atom is 0.225 e. The number of benzene rings is 1. The molecule has 10 heteroatoms. The summed E-state index contributed by atoms with van der Waals surface area (Å²) >= 11 is 0. The highest BCUT2D eigenvalue weighted by molar-refractivity contribution is 6.09. The molecule has 0 aliphatic heterocycles. The normalized spacial score (nSPS) is 13.7. The van der Waals surface area contributed by atoms with Crippen LogP contribution in [0.25, 0.3) is 21.9 Å². The second kappa shape index (κ2) is 31.2. The number of carbonyl (C=O) groups excluding carboxylic acids is 1. The van der Waals surface area contributed by atoms with E-state index in [1.807, 2.05) is 31.5 Å². The largest absolute Gasteiger partial charge is 0.392 e. The monoisotopic (exact) mass is 837 g/mol. The number of aliphatic hydroxyl groups excluding tert-OH is 3. The number of nitrogens with one attached hydrogen (secondary N) is 1. The third-order valence-electron chi connectivity index (χ3n) is 11.8. The first-order chi connectivity index (χ1) is 29.1. The van der Waals surface area contributed by atoms with Gasteiger partial charge in [-0.05, 0) is 70.6 Å². The van der Waals surface area contributed by atoms with E-state index in [0.29, 0.717) is 37.8 Å². The Hall–Kier alpha value is -2.63. The van der Waals surface area contributed by atoms with E-state index in [1.165, 1.54) is 89.9 Å². The number of aromatic nitrogens is 3. The van der Waals surface area contributed by atoms with Gasteiger partial charge in [-0.15, -0.1) is 0 Å². The molecular weight excluding hydrogens is 749 g/mol. The number of unbranched alkanes of at least 4 members (excludes halogenated alkanes) is 16. The van der Waals surface area contributed by atoms with Crippen molar-refractivity contribution in [2.24, 2.45) is 5.92 Å². The number of para-hydroxylation sites is 1. The zero-order valence-corrected chi connectivity index (χ0v) is 38.9. The van der Waals surface area contributed by atoms with Crippen molar-refractivity contribution < 1.29 is 20.1 Å². The number of hydrogen-bond donors (Lipinski definition) is 4. The predicted octanol–water partition coefficient (Wildman–Crippen LogP) is 10.9. The summed E-state index contributed by atoms with van der Waals surface area (Å²) in [6.07, 6.45) is 26.4. The molecule has 2 heterocycles. The molecule has 1 amide bonds. The van der Waals surface area contributed by atoms with Crippen molar-refractivity contribution in [1.29, 1.82) is 0 Å². The molecule has 0 radical (unpaired) electrons. The van der Waals surface area contributed by atoms with Gasteiger partial charge in [0.15, 0.2) is 5.82 Å². The van der Waals surface area contributed by atoms with Crippen molar-refractivity contribution in [3.63, 3.8) is 0 Å². The third-order valence-corrected chi connectivity index (χ3v) is 11.8.